The van der Waals surface area contributed by atoms with Crippen molar-refractivity contribution in [1.82, 2.24) is 10.2 Å². The van der Waals surface area contributed by atoms with Crippen LogP contribution in [0.1, 0.15) is 22.7 Å². The molecule has 2 aromatic rings. The molecule has 0 saturated carbocycles. The molecule has 0 aliphatic rings. The van der Waals surface area contributed by atoms with E-state index in [1.54, 1.807) is 6.07 Å². The van der Waals surface area contributed by atoms with Gasteiger partial charge in [0, 0.05) is 19.1 Å². The Labute approximate surface area is 126 Å². The standard InChI is InChI=1S/C18H23FN2/c1-14-11-17(19)10-9-16(14)12-20-13-18(21(2)3)15-7-5-4-6-8-15/h4-11,18,20H,12-13H2,1-3H3. The van der Waals surface area contributed by atoms with Gasteiger partial charge >= 0.3 is 0 Å². The van der Waals surface area contributed by atoms with Crippen LogP contribution in [0.2, 0.25) is 0 Å². The zero-order valence-electron chi connectivity index (χ0n) is 12.9. The first-order valence-electron chi connectivity index (χ1n) is 7.25. The maximum atomic E-state index is 13.1. The summed E-state index contributed by atoms with van der Waals surface area (Å²) in [6.07, 6.45) is 0. The third kappa shape index (κ3) is 4.38. The lowest BCUT2D eigenvalue weighted by molar-refractivity contribution is 0.288. The third-order valence-electron chi connectivity index (χ3n) is 3.77. The SMILES string of the molecule is Cc1cc(F)ccc1CNCC(c1ccccc1)N(C)C. The highest BCUT2D eigenvalue weighted by atomic mass is 19.1. The van der Waals surface area contributed by atoms with E-state index < -0.39 is 0 Å². The van der Waals surface area contributed by atoms with E-state index in [9.17, 15) is 4.39 Å². The van der Waals surface area contributed by atoms with Gasteiger partial charge in [-0.05, 0) is 49.8 Å². The molecule has 1 unspecified atom stereocenters. The fourth-order valence-electron chi connectivity index (χ4n) is 2.47. The summed E-state index contributed by atoms with van der Waals surface area (Å²) in [7, 11) is 4.17. The lowest BCUT2D eigenvalue weighted by Gasteiger charge is -2.25. The fraction of sp³-hybridized carbons (Fsp3) is 0.333. The Hall–Kier alpha value is -1.71. The fourth-order valence-corrected chi connectivity index (χ4v) is 2.47. The molecule has 112 valence electrons. The average Bonchev–Trinajstić information content (AvgIpc) is 2.46. The summed E-state index contributed by atoms with van der Waals surface area (Å²) < 4.78 is 13.1. The Morgan fingerprint density at radius 1 is 1.10 bits per heavy atom. The van der Waals surface area contributed by atoms with Crippen LogP contribution in [0.3, 0.4) is 0 Å². The molecule has 0 amide bonds. The molecule has 0 aliphatic heterocycles. The topological polar surface area (TPSA) is 15.3 Å². The van der Waals surface area contributed by atoms with Gasteiger partial charge in [-0.3, -0.25) is 0 Å². The van der Waals surface area contributed by atoms with Crippen LogP contribution in [0.15, 0.2) is 48.5 Å². The molecule has 1 atom stereocenters. The molecule has 2 nitrogen and oxygen atoms in total. The molecular formula is C18H23FN2. The van der Waals surface area contributed by atoms with Crippen LogP contribution in [0, 0.1) is 12.7 Å². The Balaban J connectivity index is 1.97. The summed E-state index contributed by atoms with van der Waals surface area (Å²) in [6, 6.07) is 15.7. The Morgan fingerprint density at radius 2 is 1.81 bits per heavy atom. The van der Waals surface area contributed by atoms with Crippen LogP contribution >= 0.6 is 0 Å². The van der Waals surface area contributed by atoms with Crippen LogP contribution in [-0.2, 0) is 6.54 Å². The largest absolute Gasteiger partial charge is 0.311 e. The maximum Gasteiger partial charge on any atom is 0.123 e. The first kappa shape index (κ1) is 15.7. The van der Waals surface area contributed by atoms with Gasteiger partial charge in [0.15, 0.2) is 0 Å². The minimum Gasteiger partial charge on any atom is -0.311 e. The second-order valence-electron chi connectivity index (χ2n) is 5.59. The van der Waals surface area contributed by atoms with Crippen LogP contribution in [0.25, 0.3) is 0 Å². The van der Waals surface area contributed by atoms with E-state index in [0.29, 0.717) is 6.04 Å². The summed E-state index contributed by atoms with van der Waals surface area (Å²) in [5, 5.41) is 3.48. The zero-order chi connectivity index (χ0) is 15.2. The number of nitrogens with zero attached hydrogens (tertiary/aromatic N) is 1. The Kier molecular flexibility index (Phi) is 5.48. The van der Waals surface area contributed by atoms with Crippen molar-refractivity contribution in [3.63, 3.8) is 0 Å². The van der Waals surface area contributed by atoms with Crippen LogP contribution in [0.5, 0.6) is 0 Å². The quantitative estimate of drug-likeness (QED) is 0.874. The number of aryl methyl sites for hydroxylation is 1. The lowest BCUT2D eigenvalue weighted by atomic mass is 10.1. The lowest BCUT2D eigenvalue weighted by Crippen LogP contribution is -2.30. The van der Waals surface area contributed by atoms with E-state index in [0.717, 1.165) is 24.2 Å². The number of hydrogen-bond donors (Lipinski definition) is 1. The molecule has 3 heteroatoms. The highest BCUT2D eigenvalue weighted by Crippen LogP contribution is 2.17. The van der Waals surface area contributed by atoms with Gasteiger partial charge in [0.25, 0.3) is 0 Å². The van der Waals surface area contributed by atoms with Gasteiger partial charge in [0.1, 0.15) is 5.82 Å². The van der Waals surface area contributed by atoms with Gasteiger partial charge in [-0.25, -0.2) is 4.39 Å². The van der Waals surface area contributed by atoms with Crippen LogP contribution in [0.4, 0.5) is 4.39 Å². The molecule has 0 fully saturated rings. The molecule has 0 heterocycles. The molecule has 21 heavy (non-hydrogen) atoms. The number of hydrogen-bond acceptors (Lipinski definition) is 2. The second kappa shape index (κ2) is 7.34. The van der Waals surface area contributed by atoms with Gasteiger partial charge in [0.05, 0.1) is 0 Å². The summed E-state index contributed by atoms with van der Waals surface area (Å²) >= 11 is 0. The van der Waals surface area contributed by atoms with Crippen molar-refractivity contribution >= 4 is 0 Å². The average molecular weight is 286 g/mol. The number of nitrogens with one attached hydrogen (secondary N) is 1. The van der Waals surface area contributed by atoms with Crippen molar-refractivity contribution in [1.29, 1.82) is 0 Å². The molecule has 0 aliphatic carbocycles. The van der Waals surface area contributed by atoms with Crippen LogP contribution < -0.4 is 5.32 Å². The monoisotopic (exact) mass is 286 g/mol. The third-order valence-corrected chi connectivity index (χ3v) is 3.77. The summed E-state index contributed by atoms with van der Waals surface area (Å²) in [4.78, 5) is 2.21. The smallest absolute Gasteiger partial charge is 0.123 e. The van der Waals surface area contributed by atoms with E-state index in [1.807, 2.05) is 19.1 Å². The van der Waals surface area contributed by atoms with E-state index in [1.165, 1.54) is 11.6 Å². The number of benzene rings is 2. The predicted molar refractivity (Wildman–Crippen MR) is 85.7 cm³/mol. The molecule has 2 rings (SSSR count). The zero-order valence-corrected chi connectivity index (χ0v) is 12.9. The summed E-state index contributed by atoms with van der Waals surface area (Å²) in [6.45, 7) is 3.55. The van der Waals surface area contributed by atoms with Crippen LogP contribution in [-0.4, -0.2) is 25.5 Å². The number of halogens is 1. The van der Waals surface area contributed by atoms with Gasteiger partial charge in [-0.2, -0.15) is 0 Å². The molecule has 0 spiro atoms. The minimum atomic E-state index is -0.174. The molecule has 0 aromatic heterocycles. The van der Waals surface area contributed by atoms with E-state index >= 15 is 0 Å². The highest BCUT2D eigenvalue weighted by Gasteiger charge is 2.13. The molecule has 0 radical (unpaired) electrons. The molecule has 2 aromatic carbocycles. The van der Waals surface area contributed by atoms with Crippen molar-refractivity contribution < 1.29 is 4.39 Å². The molecular weight excluding hydrogens is 263 g/mol. The first-order valence-corrected chi connectivity index (χ1v) is 7.25. The van der Waals surface area contributed by atoms with Crippen molar-refractivity contribution in [2.45, 2.75) is 19.5 Å². The van der Waals surface area contributed by atoms with Gasteiger partial charge in [0.2, 0.25) is 0 Å². The molecule has 0 bridgehead atoms. The Morgan fingerprint density at radius 3 is 2.43 bits per heavy atom. The van der Waals surface area contributed by atoms with E-state index in [-0.39, 0.29) is 5.82 Å². The first-order chi connectivity index (χ1) is 10.1. The van der Waals surface area contributed by atoms with E-state index in [4.69, 9.17) is 0 Å². The molecule has 1 N–H and O–H groups in total. The Bertz CT molecular complexity index is 567. The van der Waals surface area contributed by atoms with Crippen molar-refractivity contribution in [2.75, 3.05) is 20.6 Å². The van der Waals surface area contributed by atoms with Crippen molar-refractivity contribution in [3.8, 4) is 0 Å². The predicted octanol–water partition coefficient (Wildman–Crippen LogP) is 3.53. The summed E-state index contributed by atoms with van der Waals surface area (Å²) in [5.41, 5.74) is 3.43. The number of likely N-dealkylation sites (N-methyl/N-ethyl adjacent to an activating group) is 1. The van der Waals surface area contributed by atoms with Crippen molar-refractivity contribution in [2.24, 2.45) is 0 Å². The second-order valence-corrected chi connectivity index (χ2v) is 5.59. The normalized spacial score (nSPS) is 12.6. The summed E-state index contributed by atoms with van der Waals surface area (Å²) in [5.74, 6) is -0.174. The highest BCUT2D eigenvalue weighted by molar-refractivity contribution is 5.26. The molecule has 0 saturated heterocycles. The van der Waals surface area contributed by atoms with Gasteiger partial charge in [-0.1, -0.05) is 36.4 Å². The van der Waals surface area contributed by atoms with Gasteiger partial charge in [-0.15, -0.1) is 0 Å². The van der Waals surface area contributed by atoms with E-state index in [2.05, 4.69) is 48.6 Å². The van der Waals surface area contributed by atoms with Gasteiger partial charge < -0.3 is 10.2 Å². The minimum absolute atomic E-state index is 0.174. The number of rotatable bonds is 6. The maximum absolute atomic E-state index is 13.1. The van der Waals surface area contributed by atoms with Crippen molar-refractivity contribution in [3.05, 3.63) is 71.0 Å².